The second-order valence-electron chi connectivity index (χ2n) is 12.2. The summed E-state index contributed by atoms with van der Waals surface area (Å²) in [4.78, 5) is 45.5. The lowest BCUT2D eigenvalue weighted by atomic mass is 9.91. The molecule has 2 aliphatic heterocycles. The summed E-state index contributed by atoms with van der Waals surface area (Å²) < 4.78 is 7.56. The van der Waals surface area contributed by atoms with Crippen LogP contribution in [0.1, 0.15) is 53.7 Å². The number of piperazine rings is 1. The van der Waals surface area contributed by atoms with Crippen LogP contribution >= 0.6 is 11.6 Å². The van der Waals surface area contributed by atoms with E-state index in [4.69, 9.17) is 21.3 Å². The van der Waals surface area contributed by atoms with Gasteiger partial charge >= 0.3 is 6.09 Å². The second-order valence-corrected chi connectivity index (χ2v) is 12.6. The fourth-order valence-electron chi connectivity index (χ4n) is 5.32. The quantitative estimate of drug-likeness (QED) is 0.463. The van der Waals surface area contributed by atoms with Gasteiger partial charge in [-0.25, -0.2) is 14.8 Å². The van der Waals surface area contributed by atoms with Gasteiger partial charge in [-0.05, 0) is 53.2 Å². The van der Waals surface area contributed by atoms with E-state index in [1.165, 1.54) is 0 Å². The molecule has 0 bridgehead atoms. The highest BCUT2D eigenvalue weighted by molar-refractivity contribution is 6.32. The van der Waals surface area contributed by atoms with Gasteiger partial charge in [-0.15, -0.1) is 0 Å². The Hall–Kier alpha value is -3.60. The molecule has 2 aliphatic rings. The Bertz CT molecular complexity index is 1430. The smallest absolute Gasteiger partial charge is 0.410 e. The number of hydrogen-bond donors (Lipinski definition) is 1. The molecule has 0 spiro atoms. The van der Waals surface area contributed by atoms with Gasteiger partial charge in [0.2, 0.25) is 11.9 Å². The van der Waals surface area contributed by atoms with Crippen LogP contribution in [0.25, 0.3) is 5.65 Å². The molecule has 12 heteroatoms. The molecule has 0 radical (unpaired) electrons. The third-order valence-corrected chi connectivity index (χ3v) is 8.16. The highest BCUT2D eigenvalue weighted by Gasteiger charge is 2.39. The number of rotatable bonds is 6. The van der Waals surface area contributed by atoms with Gasteiger partial charge in [-0.3, -0.25) is 4.79 Å². The summed E-state index contributed by atoms with van der Waals surface area (Å²) in [6.07, 6.45) is 5.82. The van der Waals surface area contributed by atoms with Crippen molar-refractivity contribution < 1.29 is 14.3 Å². The first-order valence-corrected chi connectivity index (χ1v) is 14.5. The third kappa shape index (κ3) is 5.91. The number of hydrogen-bond acceptors (Lipinski definition) is 8. The number of ether oxygens (including phenoxy) is 1. The van der Waals surface area contributed by atoms with Crippen LogP contribution in [0.4, 0.5) is 16.6 Å². The van der Waals surface area contributed by atoms with Crippen LogP contribution in [-0.2, 0) is 15.1 Å². The first-order chi connectivity index (χ1) is 19.4. The molecule has 3 aromatic heterocycles. The van der Waals surface area contributed by atoms with Gasteiger partial charge in [0.05, 0.1) is 29.5 Å². The van der Waals surface area contributed by atoms with Crippen LogP contribution in [0.15, 0.2) is 36.8 Å². The van der Waals surface area contributed by atoms with Gasteiger partial charge in [0.15, 0.2) is 5.82 Å². The first-order valence-electron chi connectivity index (χ1n) is 14.1. The Morgan fingerprint density at radius 1 is 1.10 bits per heavy atom. The lowest BCUT2D eigenvalue weighted by Crippen LogP contribution is -2.57. The van der Waals surface area contributed by atoms with Crippen molar-refractivity contribution in [3.05, 3.63) is 47.5 Å². The molecule has 0 unspecified atom stereocenters. The molecule has 5 rings (SSSR count). The minimum atomic E-state index is -0.560. The molecule has 2 amide bonds. The van der Waals surface area contributed by atoms with Crippen LogP contribution in [0.2, 0.25) is 5.02 Å². The number of imidazole rings is 1. The van der Waals surface area contributed by atoms with Crippen molar-refractivity contribution in [3.8, 4) is 0 Å². The number of amides is 2. The molecule has 1 N–H and O–H groups in total. The van der Waals surface area contributed by atoms with Gasteiger partial charge in [-0.1, -0.05) is 24.6 Å². The van der Waals surface area contributed by atoms with E-state index in [0.717, 1.165) is 17.8 Å². The number of nitrogens with zero attached hydrogens (tertiary/aromatic N) is 7. The van der Waals surface area contributed by atoms with Crippen molar-refractivity contribution in [2.75, 3.05) is 42.5 Å². The molecule has 41 heavy (non-hydrogen) atoms. The van der Waals surface area contributed by atoms with E-state index in [1.54, 1.807) is 11.1 Å². The first kappa shape index (κ1) is 28.9. The Balaban J connectivity index is 1.22. The maximum Gasteiger partial charge on any atom is 0.410 e. The molecule has 0 aliphatic carbocycles. The van der Waals surface area contributed by atoms with Crippen molar-refractivity contribution in [3.63, 3.8) is 0 Å². The number of anilines is 2. The lowest BCUT2D eigenvalue weighted by Gasteiger charge is -2.42. The predicted molar refractivity (Wildman–Crippen MR) is 158 cm³/mol. The Morgan fingerprint density at radius 2 is 1.85 bits per heavy atom. The zero-order valence-electron chi connectivity index (χ0n) is 24.6. The number of pyridine rings is 1. The topological polar surface area (TPSA) is 108 Å². The minimum absolute atomic E-state index is 0.00577. The Morgan fingerprint density at radius 3 is 2.54 bits per heavy atom. The summed E-state index contributed by atoms with van der Waals surface area (Å²) in [6, 6.07) is 5.85. The zero-order chi connectivity index (χ0) is 29.5. The fourth-order valence-corrected chi connectivity index (χ4v) is 5.53. The maximum atomic E-state index is 13.3. The Labute approximate surface area is 245 Å². The van der Waals surface area contributed by atoms with Crippen molar-refractivity contribution in [1.82, 2.24) is 29.6 Å². The van der Waals surface area contributed by atoms with E-state index in [9.17, 15) is 9.59 Å². The number of carbonyl (C=O) groups excluding carboxylic acids is 2. The zero-order valence-corrected chi connectivity index (χ0v) is 25.4. The summed E-state index contributed by atoms with van der Waals surface area (Å²) in [5, 5.41) is 3.72. The highest BCUT2D eigenvalue weighted by Crippen LogP contribution is 2.33. The number of halogens is 1. The second kappa shape index (κ2) is 11.0. The Kier molecular flexibility index (Phi) is 7.76. The normalized spacial score (nSPS) is 19.6. The van der Waals surface area contributed by atoms with Gasteiger partial charge in [0, 0.05) is 45.0 Å². The average Bonchev–Trinajstić information content (AvgIpc) is 3.33. The van der Waals surface area contributed by atoms with Crippen molar-refractivity contribution in [2.24, 2.45) is 5.92 Å². The molecule has 2 fully saturated rings. The molecule has 0 aromatic carbocycles. The summed E-state index contributed by atoms with van der Waals surface area (Å²) in [6.45, 7) is 14.3. The number of carbonyl (C=O) groups is 2. The van der Waals surface area contributed by atoms with E-state index in [1.807, 2.05) is 74.5 Å². The van der Waals surface area contributed by atoms with E-state index in [2.05, 4.69) is 27.1 Å². The molecule has 5 heterocycles. The van der Waals surface area contributed by atoms with Crippen LogP contribution in [0.3, 0.4) is 0 Å². The molecular weight excluding hydrogens is 544 g/mol. The van der Waals surface area contributed by atoms with E-state index < -0.39 is 11.1 Å². The van der Waals surface area contributed by atoms with Crippen LogP contribution in [0.5, 0.6) is 0 Å². The van der Waals surface area contributed by atoms with Gasteiger partial charge < -0.3 is 29.2 Å². The monoisotopic (exact) mass is 582 g/mol. The van der Waals surface area contributed by atoms with E-state index in [0.29, 0.717) is 49.5 Å². The van der Waals surface area contributed by atoms with Gasteiger partial charge in [-0.2, -0.15) is 4.98 Å². The highest BCUT2D eigenvalue weighted by atomic mass is 35.5. The number of fused-ring (bicyclic) bond motifs is 1. The summed E-state index contributed by atoms with van der Waals surface area (Å²) in [7, 11) is 0. The molecule has 2 saturated heterocycles. The molecular formula is C29H39ClN8O3. The summed E-state index contributed by atoms with van der Waals surface area (Å²) in [5.74, 6) is 0.974. The molecule has 2 atom stereocenters. The van der Waals surface area contributed by atoms with Crippen LogP contribution < -0.4 is 15.1 Å². The predicted octanol–water partition coefficient (Wildman–Crippen LogP) is 4.10. The molecule has 11 nitrogen and oxygen atoms in total. The third-order valence-electron chi connectivity index (χ3n) is 7.89. The average molecular weight is 583 g/mol. The van der Waals surface area contributed by atoms with Crippen molar-refractivity contribution in [2.45, 2.75) is 65.1 Å². The largest absolute Gasteiger partial charge is 0.444 e. The minimum Gasteiger partial charge on any atom is -0.444 e. The summed E-state index contributed by atoms with van der Waals surface area (Å²) >= 11 is 6.52. The molecule has 220 valence electrons. The van der Waals surface area contributed by atoms with E-state index >= 15 is 0 Å². The molecule has 3 aromatic rings. The van der Waals surface area contributed by atoms with Gasteiger partial charge in [0.1, 0.15) is 16.3 Å². The van der Waals surface area contributed by atoms with Crippen molar-refractivity contribution >= 4 is 41.0 Å². The van der Waals surface area contributed by atoms with Crippen molar-refractivity contribution in [1.29, 1.82) is 0 Å². The van der Waals surface area contributed by atoms with Crippen LogP contribution in [-0.4, -0.2) is 80.6 Å². The van der Waals surface area contributed by atoms with Crippen LogP contribution in [0, 0.1) is 5.92 Å². The number of aromatic nitrogens is 4. The lowest BCUT2D eigenvalue weighted by molar-refractivity contribution is -0.127. The SMILES string of the molecule is CC[C@](C)(NC(=O)C1CN(c2nc(N3CCN(C(=O)OC(C)(C)C)C[C@@H]3C)ncc2Cl)C1)c1cnc2ccccn12. The number of nitrogens with one attached hydrogen (secondary N) is 1. The van der Waals surface area contributed by atoms with E-state index in [-0.39, 0.29) is 24.0 Å². The summed E-state index contributed by atoms with van der Waals surface area (Å²) in [5.41, 5.74) is 0.696. The van der Waals surface area contributed by atoms with Gasteiger partial charge in [0.25, 0.3) is 0 Å². The standard InChI is InChI=1S/C29H39ClN8O3/c1-7-29(6,22-15-31-23-10-8-9-11-38(22)23)34-25(39)20-17-36(18-20)24-21(30)14-32-26(33-24)37-13-12-35(16-19(37)2)27(40)41-28(3,4)5/h8-11,14-15,19-20H,7,12-13,16-18H2,1-6H3,(H,34,39)/t19-,29-/m0/s1. The molecule has 0 saturated carbocycles. The fraction of sp³-hybridized carbons (Fsp3) is 0.552. The maximum absolute atomic E-state index is 13.3.